The van der Waals surface area contributed by atoms with Gasteiger partial charge in [0.15, 0.2) is 0 Å². The number of imidazole rings is 2. The molecule has 0 aliphatic rings. The number of carbonyl (C=O) groups excluding carboxylic acids is 2. The second-order valence-electron chi connectivity index (χ2n) is 11.9. The third kappa shape index (κ3) is 15.6. The number of carbonyl (C=O) groups is 6. The summed E-state index contributed by atoms with van der Waals surface area (Å²) in [7, 11) is 0. The van der Waals surface area contributed by atoms with Gasteiger partial charge in [0.05, 0.1) is 25.1 Å². The van der Waals surface area contributed by atoms with E-state index in [2.05, 4.69) is 35.2 Å². The van der Waals surface area contributed by atoms with Crippen molar-refractivity contribution in [1.82, 2.24) is 40.0 Å². The van der Waals surface area contributed by atoms with Crippen LogP contribution in [-0.4, -0.2) is 105 Å². The predicted molar refractivity (Wildman–Crippen MR) is 187 cm³/mol. The molecule has 1 aromatic carbocycles. The summed E-state index contributed by atoms with van der Waals surface area (Å²) >= 11 is 0.926. The number of aromatic nitrogens is 4. The maximum absolute atomic E-state index is 12.7. The number of carboxylic acids is 4. The van der Waals surface area contributed by atoms with E-state index in [9.17, 15) is 49.2 Å². The normalized spacial score (nSPS) is 12.2. The zero-order valence-corrected chi connectivity index (χ0v) is 29.9. The lowest BCUT2D eigenvalue weighted by atomic mass is 10.1. The maximum Gasteiger partial charge on any atom is 0.326 e. The highest BCUT2D eigenvalue weighted by Crippen LogP contribution is 2.19. The molecule has 0 saturated heterocycles. The molecule has 21 nitrogen and oxygen atoms in total. The quantitative estimate of drug-likeness (QED) is 0.0239. The van der Waals surface area contributed by atoms with Crippen LogP contribution in [0.2, 0.25) is 0 Å². The molecule has 54 heavy (non-hydrogen) atoms. The molecule has 0 spiro atoms. The van der Waals surface area contributed by atoms with Crippen molar-refractivity contribution in [1.29, 1.82) is 0 Å². The fourth-order valence-corrected chi connectivity index (χ4v) is 5.58. The molecule has 9 N–H and O–H groups in total. The topological polar surface area (TPSA) is 303 Å². The van der Waals surface area contributed by atoms with Crippen molar-refractivity contribution in [2.45, 2.75) is 81.7 Å². The average molecular weight is 778 g/mol. The molecule has 0 saturated carbocycles. The SMILES string of the molecule is NOOSc1ccc(CCNC(=O)CC[C@H](NC(=O)N[C@@H](CCCCN(Cc2nccn2CC(=O)O)Cc2nccn2CC(=O)O)C(=O)O)C(=O)O)cc1. The van der Waals surface area contributed by atoms with E-state index in [4.69, 9.17) is 5.90 Å². The molecular formula is C32H43N9O12S. The first-order valence-electron chi connectivity index (χ1n) is 16.6. The molecule has 0 fully saturated rings. The van der Waals surface area contributed by atoms with Crippen LogP contribution in [0, 0.1) is 0 Å². The van der Waals surface area contributed by atoms with Gasteiger partial charge in [0, 0.05) is 42.6 Å². The van der Waals surface area contributed by atoms with E-state index in [-0.39, 0.29) is 52.0 Å². The number of nitrogens with zero attached hydrogens (tertiary/aromatic N) is 5. The summed E-state index contributed by atoms with van der Waals surface area (Å²) < 4.78 is 7.49. The molecule has 2 heterocycles. The van der Waals surface area contributed by atoms with Gasteiger partial charge in [0.1, 0.15) is 36.8 Å². The maximum atomic E-state index is 12.7. The fourth-order valence-electron chi connectivity index (χ4n) is 5.21. The lowest BCUT2D eigenvalue weighted by Crippen LogP contribution is -2.51. The number of hydrogen-bond acceptors (Lipinski definition) is 13. The molecule has 3 aromatic rings. The minimum atomic E-state index is -1.47. The highest BCUT2D eigenvalue weighted by Gasteiger charge is 2.25. The van der Waals surface area contributed by atoms with Crippen LogP contribution in [0.1, 0.15) is 49.3 Å². The van der Waals surface area contributed by atoms with Crippen LogP contribution in [0.15, 0.2) is 53.9 Å². The Morgan fingerprint density at radius 2 is 1.37 bits per heavy atom. The lowest BCUT2D eigenvalue weighted by molar-refractivity contribution is -0.195. The van der Waals surface area contributed by atoms with Crippen LogP contribution in [0.4, 0.5) is 4.79 Å². The Morgan fingerprint density at radius 1 is 0.815 bits per heavy atom. The van der Waals surface area contributed by atoms with E-state index >= 15 is 0 Å². The van der Waals surface area contributed by atoms with Crippen LogP contribution < -0.4 is 21.8 Å². The third-order valence-electron chi connectivity index (χ3n) is 7.86. The van der Waals surface area contributed by atoms with Crippen LogP contribution in [0.25, 0.3) is 0 Å². The molecule has 3 rings (SSSR count). The molecule has 22 heteroatoms. The molecule has 0 radical (unpaired) electrons. The van der Waals surface area contributed by atoms with E-state index in [1.54, 1.807) is 12.1 Å². The monoisotopic (exact) mass is 777 g/mol. The first-order valence-corrected chi connectivity index (χ1v) is 17.3. The molecule has 0 aliphatic carbocycles. The minimum Gasteiger partial charge on any atom is -0.480 e. The standard InChI is InChI=1S/C32H43N9O12S/c33-52-53-54-22-6-4-21(5-7-22)10-11-36-27(42)9-8-24(31(49)50)38-32(51)37-23(30(47)48)3-1-2-14-39(17-25-34-12-15-40(25)19-28(43)44)18-26-35-13-16-41(26)20-29(45)46/h4-7,12-13,15-16,23-24H,1-3,8-11,14,17-20,33H2,(H,36,42)(H,43,44)(H,45,46)(H,47,48)(H,49,50)(H2,37,38,51)/t23-,24-/m0/s1. The van der Waals surface area contributed by atoms with E-state index < -0.39 is 47.9 Å². The zero-order valence-electron chi connectivity index (χ0n) is 29.0. The van der Waals surface area contributed by atoms with Gasteiger partial charge < -0.3 is 45.5 Å². The molecule has 0 bridgehead atoms. The number of hydrogen-bond donors (Lipinski definition) is 8. The van der Waals surface area contributed by atoms with Crippen molar-refractivity contribution in [2.75, 3.05) is 13.1 Å². The summed E-state index contributed by atoms with van der Waals surface area (Å²) in [6, 6.07) is 3.33. The number of nitrogens with two attached hydrogens (primary N) is 1. The predicted octanol–water partition coefficient (Wildman–Crippen LogP) is 0.595. The number of benzene rings is 1. The second-order valence-corrected chi connectivity index (χ2v) is 12.6. The van der Waals surface area contributed by atoms with Gasteiger partial charge in [0.2, 0.25) is 5.91 Å². The Labute approximate surface area is 312 Å². The first kappa shape index (κ1) is 42.9. The van der Waals surface area contributed by atoms with E-state index in [1.165, 1.54) is 33.9 Å². The van der Waals surface area contributed by atoms with E-state index in [0.717, 1.165) is 22.5 Å². The average Bonchev–Trinajstić information content (AvgIpc) is 3.74. The van der Waals surface area contributed by atoms with E-state index in [0.29, 0.717) is 37.5 Å². The molecule has 2 atom stereocenters. The van der Waals surface area contributed by atoms with Crippen molar-refractivity contribution < 1.29 is 58.5 Å². The van der Waals surface area contributed by atoms with Crippen LogP contribution in [0.3, 0.4) is 0 Å². The fraction of sp³-hybridized carbons (Fsp3) is 0.438. The van der Waals surface area contributed by atoms with Crippen molar-refractivity contribution in [3.63, 3.8) is 0 Å². The van der Waals surface area contributed by atoms with Gasteiger partial charge in [-0.2, -0.15) is 5.90 Å². The van der Waals surface area contributed by atoms with Gasteiger partial charge in [-0.25, -0.2) is 24.4 Å². The lowest BCUT2D eigenvalue weighted by Gasteiger charge is -2.23. The van der Waals surface area contributed by atoms with Crippen LogP contribution in [0.5, 0.6) is 0 Å². The Hall–Kier alpha value is -5.55. The van der Waals surface area contributed by atoms with Crippen LogP contribution in [-0.2, 0) is 65.9 Å². The first-order chi connectivity index (χ1) is 25.8. The van der Waals surface area contributed by atoms with Crippen molar-refractivity contribution in [3.8, 4) is 0 Å². The van der Waals surface area contributed by atoms with Gasteiger partial charge in [-0.1, -0.05) is 12.1 Å². The highest BCUT2D eigenvalue weighted by molar-refractivity contribution is 7.94. The summed E-state index contributed by atoms with van der Waals surface area (Å²) in [4.78, 5) is 86.6. The Morgan fingerprint density at radius 3 is 1.89 bits per heavy atom. The molecule has 0 unspecified atom stereocenters. The summed E-state index contributed by atoms with van der Waals surface area (Å²) in [5, 5.41) is 45.1. The Balaban J connectivity index is 1.48. The number of unbranched alkanes of at least 4 members (excludes halogenated alkanes) is 1. The Bertz CT molecular complexity index is 1650. The second kappa shape index (κ2) is 22.5. The summed E-state index contributed by atoms with van der Waals surface area (Å²) in [5.74, 6) is 0.379. The summed E-state index contributed by atoms with van der Waals surface area (Å²) in [5.41, 5.74) is 0.919. The Kier molecular flexibility index (Phi) is 17.9. The number of amides is 3. The molecule has 3 amide bonds. The zero-order chi connectivity index (χ0) is 39.5. The van der Waals surface area contributed by atoms with Gasteiger partial charge >= 0.3 is 29.9 Å². The molecule has 294 valence electrons. The molecular weight excluding hydrogens is 734 g/mol. The highest BCUT2D eigenvalue weighted by atomic mass is 32.2. The summed E-state index contributed by atoms with van der Waals surface area (Å²) in [6.07, 6.45) is 6.68. The molecule has 0 aliphatic heterocycles. The van der Waals surface area contributed by atoms with Crippen LogP contribution >= 0.6 is 12.0 Å². The number of carboxylic acid groups (broad SMARTS) is 4. The number of urea groups is 1. The number of aliphatic carboxylic acids is 4. The smallest absolute Gasteiger partial charge is 0.326 e. The van der Waals surface area contributed by atoms with Gasteiger partial charge in [-0.15, -0.1) is 9.32 Å². The van der Waals surface area contributed by atoms with Gasteiger partial charge in [-0.05, 0) is 56.3 Å². The molecule has 2 aromatic heterocycles. The van der Waals surface area contributed by atoms with E-state index in [1.807, 2.05) is 17.0 Å². The van der Waals surface area contributed by atoms with Gasteiger partial charge in [-0.3, -0.25) is 19.3 Å². The minimum absolute atomic E-state index is 0.0184. The number of rotatable bonds is 26. The van der Waals surface area contributed by atoms with Crippen molar-refractivity contribution >= 4 is 47.9 Å². The number of nitrogens with one attached hydrogen (secondary N) is 3. The summed E-state index contributed by atoms with van der Waals surface area (Å²) in [6.45, 7) is 0.331. The third-order valence-corrected chi connectivity index (χ3v) is 8.47. The van der Waals surface area contributed by atoms with Crippen molar-refractivity contribution in [3.05, 3.63) is 66.3 Å². The largest absolute Gasteiger partial charge is 0.480 e. The van der Waals surface area contributed by atoms with Gasteiger partial charge in [0.25, 0.3) is 0 Å². The van der Waals surface area contributed by atoms with Crippen molar-refractivity contribution in [2.24, 2.45) is 5.90 Å².